The van der Waals surface area contributed by atoms with Crippen LogP contribution in [-0.4, -0.2) is 11.1 Å². The molecule has 1 aliphatic heterocycles. The van der Waals surface area contributed by atoms with Crippen molar-refractivity contribution in [3.05, 3.63) is 29.3 Å². The van der Waals surface area contributed by atoms with Crippen molar-refractivity contribution < 1.29 is 19.7 Å². The summed E-state index contributed by atoms with van der Waals surface area (Å²) in [6.07, 6.45) is 1.45. The molecule has 0 bridgehead atoms. The van der Waals surface area contributed by atoms with Crippen molar-refractivity contribution in [2.45, 2.75) is 24.9 Å². The summed E-state index contributed by atoms with van der Waals surface area (Å²) >= 11 is 0. The second kappa shape index (κ2) is 2.73. The molecule has 0 atom stereocenters. The molecule has 1 N–H and O–H groups in total. The van der Waals surface area contributed by atoms with Crippen LogP contribution in [0, 0.1) is 0 Å². The molecule has 1 saturated carbocycles. The molecule has 2 aliphatic rings. The summed E-state index contributed by atoms with van der Waals surface area (Å²) in [5.41, 5.74) is 1.15. The van der Waals surface area contributed by atoms with Gasteiger partial charge in [-0.15, -0.1) is 0 Å². The highest BCUT2D eigenvalue weighted by atomic mass is 17.2. The zero-order valence-corrected chi connectivity index (χ0v) is 8.03. The maximum Gasteiger partial charge on any atom is 0.314 e. The van der Waals surface area contributed by atoms with Crippen LogP contribution < -0.4 is 4.89 Å². The molecule has 0 amide bonds. The maximum absolute atomic E-state index is 11.1. The molecule has 1 fully saturated rings. The topological polar surface area (TPSA) is 55.8 Å². The summed E-state index contributed by atoms with van der Waals surface area (Å²) < 4.78 is 0. The van der Waals surface area contributed by atoms with Crippen molar-refractivity contribution in [1.29, 1.82) is 0 Å². The zero-order chi connectivity index (χ0) is 10.5. The third-order valence-corrected chi connectivity index (χ3v) is 3.14. The minimum absolute atomic E-state index is 0.402. The first-order valence-corrected chi connectivity index (χ1v) is 4.89. The second-order valence-corrected chi connectivity index (χ2v) is 4.06. The predicted octanol–water partition coefficient (Wildman–Crippen LogP) is 1.63. The standard InChI is InChI=1S/C11H10O4/c12-10(13)11(3-4-11)8-1-2-9-7(5-8)6-14-15-9/h1-2,5H,3-4,6H2,(H,12,13). The van der Waals surface area contributed by atoms with Gasteiger partial charge in [0.2, 0.25) is 0 Å². The summed E-state index contributed by atoms with van der Waals surface area (Å²) in [6, 6.07) is 5.47. The number of carboxylic acids is 1. The summed E-state index contributed by atoms with van der Waals surface area (Å²) in [4.78, 5) is 20.8. The smallest absolute Gasteiger partial charge is 0.314 e. The molecule has 4 heteroatoms. The highest BCUT2D eigenvalue weighted by Gasteiger charge is 2.51. The van der Waals surface area contributed by atoms with Crippen LogP contribution in [0.15, 0.2) is 18.2 Å². The molecule has 4 nitrogen and oxygen atoms in total. The largest absolute Gasteiger partial charge is 0.481 e. The van der Waals surface area contributed by atoms with Gasteiger partial charge < -0.3 is 9.99 Å². The molecule has 15 heavy (non-hydrogen) atoms. The van der Waals surface area contributed by atoms with Crippen LogP contribution in [0.25, 0.3) is 0 Å². The van der Waals surface area contributed by atoms with E-state index in [9.17, 15) is 4.79 Å². The number of hydrogen-bond donors (Lipinski definition) is 1. The highest BCUT2D eigenvalue weighted by molar-refractivity contribution is 5.85. The van der Waals surface area contributed by atoms with Crippen LogP contribution >= 0.6 is 0 Å². The Morgan fingerprint density at radius 3 is 2.87 bits per heavy atom. The van der Waals surface area contributed by atoms with E-state index in [0.717, 1.165) is 24.0 Å². The fraction of sp³-hybridized carbons (Fsp3) is 0.364. The van der Waals surface area contributed by atoms with E-state index in [-0.39, 0.29) is 0 Å². The van der Waals surface area contributed by atoms with Gasteiger partial charge in [-0.1, -0.05) is 6.07 Å². The average Bonchev–Trinajstić information content (AvgIpc) is 2.91. The van der Waals surface area contributed by atoms with Crippen molar-refractivity contribution in [1.82, 2.24) is 0 Å². The van der Waals surface area contributed by atoms with Gasteiger partial charge in [0.15, 0.2) is 5.75 Å². The molecule has 0 spiro atoms. The first-order chi connectivity index (χ1) is 7.22. The van der Waals surface area contributed by atoms with Crippen molar-refractivity contribution in [2.24, 2.45) is 0 Å². The Kier molecular flexibility index (Phi) is 1.59. The fourth-order valence-corrected chi connectivity index (χ4v) is 1.98. The van der Waals surface area contributed by atoms with E-state index >= 15 is 0 Å². The third-order valence-electron chi connectivity index (χ3n) is 3.14. The van der Waals surface area contributed by atoms with Crippen LogP contribution in [0.5, 0.6) is 5.75 Å². The Bertz CT molecular complexity index is 434. The number of hydrogen-bond acceptors (Lipinski definition) is 3. The maximum atomic E-state index is 11.1. The SMILES string of the molecule is O=C(O)C1(c2ccc3c(c2)COO3)CC1. The Balaban J connectivity index is 2.03. The number of rotatable bonds is 2. The van der Waals surface area contributed by atoms with E-state index in [4.69, 9.17) is 14.9 Å². The minimum Gasteiger partial charge on any atom is -0.481 e. The normalized spacial score (nSPS) is 20.5. The minimum atomic E-state index is -0.734. The first kappa shape index (κ1) is 8.73. The van der Waals surface area contributed by atoms with Crippen LogP contribution in [0.1, 0.15) is 24.0 Å². The number of carboxylic acid groups (broad SMARTS) is 1. The molecule has 1 heterocycles. The summed E-state index contributed by atoms with van der Waals surface area (Å²) in [5, 5.41) is 9.14. The molecule has 0 aromatic heterocycles. The molecule has 1 aromatic rings. The van der Waals surface area contributed by atoms with Crippen molar-refractivity contribution in [2.75, 3.05) is 0 Å². The second-order valence-electron chi connectivity index (χ2n) is 4.06. The average molecular weight is 206 g/mol. The Labute approximate surface area is 86.4 Å². The number of aliphatic carboxylic acids is 1. The quantitative estimate of drug-likeness (QED) is 0.747. The molecule has 1 aliphatic carbocycles. The molecular formula is C11H10O4. The number of carbonyl (C=O) groups is 1. The van der Waals surface area contributed by atoms with E-state index in [0.29, 0.717) is 12.4 Å². The molecule has 0 unspecified atom stereocenters. The lowest BCUT2D eigenvalue weighted by Gasteiger charge is -2.10. The van der Waals surface area contributed by atoms with Crippen molar-refractivity contribution in [3.8, 4) is 5.75 Å². The zero-order valence-electron chi connectivity index (χ0n) is 8.03. The molecular weight excluding hydrogens is 196 g/mol. The number of fused-ring (bicyclic) bond motifs is 1. The van der Waals surface area contributed by atoms with E-state index in [2.05, 4.69) is 0 Å². The fourth-order valence-electron chi connectivity index (χ4n) is 1.98. The number of benzene rings is 1. The molecule has 0 saturated heterocycles. The predicted molar refractivity (Wildman–Crippen MR) is 50.4 cm³/mol. The van der Waals surface area contributed by atoms with Gasteiger partial charge in [0, 0.05) is 5.56 Å². The Morgan fingerprint density at radius 2 is 2.20 bits per heavy atom. The summed E-state index contributed by atoms with van der Waals surface area (Å²) in [7, 11) is 0. The van der Waals surface area contributed by atoms with Gasteiger partial charge in [-0.05, 0) is 30.5 Å². The molecule has 1 aromatic carbocycles. The van der Waals surface area contributed by atoms with Gasteiger partial charge in [-0.25, -0.2) is 0 Å². The van der Waals surface area contributed by atoms with Crippen LogP contribution in [-0.2, 0) is 21.7 Å². The molecule has 3 rings (SSSR count). The van der Waals surface area contributed by atoms with Gasteiger partial charge in [0.1, 0.15) is 6.61 Å². The lowest BCUT2D eigenvalue weighted by atomic mass is 9.94. The highest BCUT2D eigenvalue weighted by Crippen LogP contribution is 2.49. The molecule has 0 radical (unpaired) electrons. The van der Waals surface area contributed by atoms with Crippen LogP contribution in [0.4, 0.5) is 0 Å². The summed E-state index contributed by atoms with van der Waals surface area (Å²) in [5.74, 6) is -0.0396. The van der Waals surface area contributed by atoms with Gasteiger partial charge in [0.25, 0.3) is 0 Å². The van der Waals surface area contributed by atoms with Crippen LogP contribution in [0.3, 0.4) is 0 Å². The van der Waals surface area contributed by atoms with Gasteiger partial charge >= 0.3 is 5.97 Å². The monoisotopic (exact) mass is 206 g/mol. The van der Waals surface area contributed by atoms with E-state index in [1.165, 1.54) is 0 Å². The lowest BCUT2D eigenvalue weighted by molar-refractivity contribution is -0.194. The third kappa shape index (κ3) is 1.15. The van der Waals surface area contributed by atoms with E-state index in [1.54, 1.807) is 6.07 Å². The summed E-state index contributed by atoms with van der Waals surface area (Å²) in [6.45, 7) is 0.402. The lowest BCUT2D eigenvalue weighted by Crippen LogP contribution is -2.19. The van der Waals surface area contributed by atoms with Gasteiger partial charge in [0.05, 0.1) is 5.41 Å². The van der Waals surface area contributed by atoms with Crippen molar-refractivity contribution >= 4 is 5.97 Å². The van der Waals surface area contributed by atoms with Gasteiger partial charge in [-0.2, -0.15) is 4.89 Å². The molecule has 78 valence electrons. The first-order valence-electron chi connectivity index (χ1n) is 4.89. The van der Waals surface area contributed by atoms with E-state index in [1.807, 2.05) is 12.1 Å². The van der Waals surface area contributed by atoms with Crippen molar-refractivity contribution in [3.63, 3.8) is 0 Å². The van der Waals surface area contributed by atoms with Crippen LogP contribution in [0.2, 0.25) is 0 Å². The van der Waals surface area contributed by atoms with E-state index < -0.39 is 11.4 Å². The van der Waals surface area contributed by atoms with Gasteiger partial charge in [-0.3, -0.25) is 4.79 Å². The Hall–Kier alpha value is -1.55. The Morgan fingerprint density at radius 1 is 1.40 bits per heavy atom.